The van der Waals surface area contributed by atoms with Gasteiger partial charge in [0.05, 0.1) is 19.7 Å². The lowest BCUT2D eigenvalue weighted by Gasteiger charge is -2.46. The largest absolute Gasteiger partial charge is 0.493 e. The molecule has 0 spiro atoms. The number of ether oxygens (including phenoxy) is 2. The third kappa shape index (κ3) is 4.38. The molecule has 0 aliphatic carbocycles. The molecular weight excluding hydrogens is 424 g/mol. The maximum atomic E-state index is 5.72. The Kier molecular flexibility index (Phi) is 6.55. The van der Waals surface area contributed by atoms with Crippen molar-refractivity contribution in [3.8, 4) is 11.5 Å². The van der Waals surface area contributed by atoms with Crippen LogP contribution in [-0.2, 0) is 6.54 Å². The van der Waals surface area contributed by atoms with Gasteiger partial charge in [-0.25, -0.2) is 9.97 Å². The fourth-order valence-corrected chi connectivity index (χ4v) is 4.41. The zero-order valence-corrected chi connectivity index (χ0v) is 19.6. The van der Waals surface area contributed by atoms with Crippen LogP contribution < -0.4 is 19.7 Å². The van der Waals surface area contributed by atoms with Crippen LogP contribution >= 0.6 is 12.2 Å². The van der Waals surface area contributed by atoms with Crippen molar-refractivity contribution in [3.05, 3.63) is 48.5 Å². The molecule has 2 atom stereocenters. The molecular formula is C23H28N6O2S. The Morgan fingerprint density at radius 2 is 1.91 bits per heavy atom. The summed E-state index contributed by atoms with van der Waals surface area (Å²) in [6.07, 6.45) is 5.23. The molecule has 0 bridgehead atoms. The van der Waals surface area contributed by atoms with Crippen molar-refractivity contribution in [2.45, 2.75) is 32.5 Å². The maximum Gasteiger partial charge on any atom is 0.169 e. The van der Waals surface area contributed by atoms with Gasteiger partial charge in [-0.1, -0.05) is 6.07 Å². The van der Waals surface area contributed by atoms with Gasteiger partial charge in [0.1, 0.15) is 12.1 Å². The van der Waals surface area contributed by atoms with Gasteiger partial charge in [-0.3, -0.25) is 4.98 Å². The van der Waals surface area contributed by atoms with Crippen LogP contribution in [0, 0.1) is 0 Å². The van der Waals surface area contributed by atoms with E-state index in [1.807, 2.05) is 30.5 Å². The lowest BCUT2D eigenvalue weighted by molar-refractivity contribution is 0.259. The number of methoxy groups -OCH3 is 2. The number of aromatic nitrogens is 3. The number of anilines is 1. The molecule has 0 unspecified atom stereocenters. The first-order valence-corrected chi connectivity index (χ1v) is 11.0. The lowest BCUT2D eigenvalue weighted by atomic mass is 10.1. The minimum absolute atomic E-state index is 0.204. The SMILES string of the molecule is COc1cc2ncnc(N3C[C@@H](C)N(C(=S)NCc4cccnc4)C[C@@H]3C)c2cc1OC. The first-order valence-electron chi connectivity index (χ1n) is 10.6. The lowest BCUT2D eigenvalue weighted by Crippen LogP contribution is -2.60. The van der Waals surface area contributed by atoms with Crippen LogP contribution in [0.3, 0.4) is 0 Å². The van der Waals surface area contributed by atoms with Gasteiger partial charge in [0.25, 0.3) is 0 Å². The Morgan fingerprint density at radius 3 is 2.62 bits per heavy atom. The highest BCUT2D eigenvalue weighted by Crippen LogP contribution is 2.36. The van der Waals surface area contributed by atoms with Gasteiger partial charge in [-0.15, -0.1) is 0 Å². The second-order valence-corrected chi connectivity index (χ2v) is 8.33. The average Bonchev–Trinajstić information content (AvgIpc) is 2.83. The fourth-order valence-electron chi connectivity index (χ4n) is 4.08. The smallest absolute Gasteiger partial charge is 0.169 e. The first-order chi connectivity index (χ1) is 15.5. The predicted molar refractivity (Wildman–Crippen MR) is 129 cm³/mol. The van der Waals surface area contributed by atoms with Gasteiger partial charge in [0, 0.05) is 55.6 Å². The zero-order chi connectivity index (χ0) is 22.7. The highest BCUT2D eigenvalue weighted by atomic mass is 32.1. The fraction of sp³-hybridized carbons (Fsp3) is 0.391. The number of rotatable bonds is 5. The molecule has 2 aromatic heterocycles. The second-order valence-electron chi connectivity index (χ2n) is 7.94. The highest BCUT2D eigenvalue weighted by Gasteiger charge is 2.32. The van der Waals surface area contributed by atoms with E-state index in [2.05, 4.69) is 43.9 Å². The summed E-state index contributed by atoms with van der Waals surface area (Å²) >= 11 is 5.72. The molecule has 1 aliphatic rings. The van der Waals surface area contributed by atoms with E-state index < -0.39 is 0 Å². The molecule has 3 aromatic rings. The van der Waals surface area contributed by atoms with Crippen molar-refractivity contribution < 1.29 is 9.47 Å². The predicted octanol–water partition coefficient (Wildman–Crippen LogP) is 3.02. The van der Waals surface area contributed by atoms with E-state index >= 15 is 0 Å². The summed E-state index contributed by atoms with van der Waals surface area (Å²) in [5.41, 5.74) is 1.93. The van der Waals surface area contributed by atoms with Crippen molar-refractivity contribution in [1.29, 1.82) is 0 Å². The Morgan fingerprint density at radius 1 is 1.12 bits per heavy atom. The topological polar surface area (TPSA) is 75.6 Å². The molecule has 4 rings (SSSR count). The molecule has 168 valence electrons. The van der Waals surface area contributed by atoms with Gasteiger partial charge in [-0.05, 0) is 43.8 Å². The molecule has 0 saturated carbocycles. The molecule has 8 nitrogen and oxygen atoms in total. The molecule has 1 N–H and O–H groups in total. The average molecular weight is 453 g/mol. The van der Waals surface area contributed by atoms with E-state index in [-0.39, 0.29) is 12.1 Å². The summed E-state index contributed by atoms with van der Waals surface area (Å²) in [4.78, 5) is 17.8. The van der Waals surface area contributed by atoms with Crippen molar-refractivity contribution in [3.63, 3.8) is 0 Å². The van der Waals surface area contributed by atoms with E-state index in [0.717, 1.165) is 40.5 Å². The highest BCUT2D eigenvalue weighted by molar-refractivity contribution is 7.80. The summed E-state index contributed by atoms with van der Waals surface area (Å²) in [5, 5.41) is 5.07. The minimum atomic E-state index is 0.204. The van der Waals surface area contributed by atoms with Crippen molar-refractivity contribution in [2.75, 3.05) is 32.2 Å². The Hall–Kier alpha value is -3.20. The Balaban J connectivity index is 1.53. The molecule has 1 aliphatic heterocycles. The summed E-state index contributed by atoms with van der Waals surface area (Å²) in [6.45, 7) is 6.61. The van der Waals surface area contributed by atoms with E-state index in [1.54, 1.807) is 26.7 Å². The van der Waals surface area contributed by atoms with Crippen LogP contribution in [0.5, 0.6) is 11.5 Å². The van der Waals surface area contributed by atoms with Crippen molar-refractivity contribution in [2.24, 2.45) is 0 Å². The molecule has 0 radical (unpaired) electrons. The standard InChI is InChI=1S/C23H28N6O2S/c1-15-13-29(23(32)25-11-17-6-5-7-24-10-17)16(2)12-28(15)22-18-8-20(30-3)21(31-4)9-19(18)26-14-27-22/h5-10,14-16H,11-13H2,1-4H3,(H,25,32)/t15-,16+/m0/s1. The zero-order valence-electron chi connectivity index (χ0n) is 18.8. The van der Waals surface area contributed by atoms with Crippen LogP contribution in [0.1, 0.15) is 19.4 Å². The van der Waals surface area contributed by atoms with E-state index in [1.165, 1.54) is 0 Å². The minimum Gasteiger partial charge on any atom is -0.493 e. The molecule has 0 amide bonds. The van der Waals surface area contributed by atoms with E-state index in [4.69, 9.17) is 21.7 Å². The van der Waals surface area contributed by atoms with Gasteiger partial charge in [0.2, 0.25) is 0 Å². The third-order valence-corrected chi connectivity index (χ3v) is 6.18. The number of nitrogens with zero attached hydrogens (tertiary/aromatic N) is 5. The van der Waals surface area contributed by atoms with Gasteiger partial charge < -0.3 is 24.6 Å². The van der Waals surface area contributed by atoms with E-state index in [0.29, 0.717) is 18.0 Å². The molecule has 9 heteroatoms. The number of hydrogen-bond donors (Lipinski definition) is 1. The molecule has 3 heterocycles. The van der Waals surface area contributed by atoms with Crippen LogP contribution in [0.15, 0.2) is 43.0 Å². The van der Waals surface area contributed by atoms with Gasteiger partial charge in [0.15, 0.2) is 16.6 Å². The molecule has 1 saturated heterocycles. The van der Waals surface area contributed by atoms with Crippen molar-refractivity contribution >= 4 is 34.1 Å². The molecule has 1 fully saturated rings. The summed E-state index contributed by atoms with van der Waals surface area (Å²) in [7, 11) is 3.26. The maximum absolute atomic E-state index is 5.72. The summed E-state index contributed by atoms with van der Waals surface area (Å²) in [6, 6.07) is 8.23. The van der Waals surface area contributed by atoms with Gasteiger partial charge in [-0.2, -0.15) is 0 Å². The van der Waals surface area contributed by atoms with Crippen LogP contribution in [0.4, 0.5) is 5.82 Å². The van der Waals surface area contributed by atoms with Gasteiger partial charge >= 0.3 is 0 Å². The second kappa shape index (κ2) is 9.52. The Labute approximate surface area is 193 Å². The number of hydrogen-bond acceptors (Lipinski definition) is 7. The van der Waals surface area contributed by atoms with Crippen LogP contribution in [0.2, 0.25) is 0 Å². The molecule has 32 heavy (non-hydrogen) atoms. The summed E-state index contributed by atoms with van der Waals surface area (Å²) < 4.78 is 10.9. The summed E-state index contributed by atoms with van der Waals surface area (Å²) in [5.74, 6) is 2.21. The van der Waals surface area contributed by atoms with E-state index in [9.17, 15) is 0 Å². The first kappa shape index (κ1) is 22.0. The Bertz CT molecular complexity index is 1100. The van der Waals surface area contributed by atoms with Crippen molar-refractivity contribution in [1.82, 2.24) is 25.2 Å². The number of thiocarbonyl (C=S) groups is 1. The molecule has 1 aromatic carbocycles. The normalized spacial score (nSPS) is 18.5. The number of piperazine rings is 1. The number of pyridine rings is 1. The quantitative estimate of drug-likeness (QED) is 0.588. The monoisotopic (exact) mass is 452 g/mol. The number of benzene rings is 1. The van der Waals surface area contributed by atoms with Crippen LogP contribution in [0.25, 0.3) is 10.9 Å². The van der Waals surface area contributed by atoms with Crippen LogP contribution in [-0.4, -0.2) is 64.4 Å². The number of nitrogens with one attached hydrogen (secondary N) is 1. The third-order valence-electron chi connectivity index (χ3n) is 5.81. The number of fused-ring (bicyclic) bond motifs is 1.